The Labute approximate surface area is 429 Å². The van der Waals surface area contributed by atoms with Crippen molar-refractivity contribution in [1.82, 2.24) is 5.32 Å². The van der Waals surface area contributed by atoms with Crippen LogP contribution in [-0.4, -0.2) is 47.4 Å². The molecular weight excluding hydrogens is 851 g/mol. The molecule has 0 saturated heterocycles. The highest BCUT2D eigenvalue weighted by Crippen LogP contribution is 2.16. The van der Waals surface area contributed by atoms with Gasteiger partial charge in [-0.1, -0.05) is 262 Å². The second-order valence-corrected chi connectivity index (χ2v) is 20.7. The number of hydrogen-bond acceptors (Lipinski definition) is 5. The Hall–Kier alpha value is -2.18. The molecule has 0 rings (SSSR count). The van der Waals surface area contributed by atoms with Gasteiger partial charge < -0.3 is 20.3 Å². The summed E-state index contributed by atoms with van der Waals surface area (Å²) in [5, 5.41) is 23.1. The summed E-state index contributed by atoms with van der Waals surface area (Å²) in [7, 11) is 0. The Morgan fingerprint density at radius 3 is 1.14 bits per heavy atom. The van der Waals surface area contributed by atoms with E-state index in [1.54, 1.807) is 6.08 Å². The van der Waals surface area contributed by atoms with Gasteiger partial charge in [0.1, 0.15) is 0 Å². The predicted octanol–water partition coefficient (Wildman–Crippen LogP) is 19.0. The molecule has 0 fully saturated rings. The molecule has 0 aromatic heterocycles. The molecule has 0 aliphatic rings. The van der Waals surface area contributed by atoms with Crippen molar-refractivity contribution in [2.75, 3.05) is 13.2 Å². The summed E-state index contributed by atoms with van der Waals surface area (Å²) in [6.07, 6.45) is 74.3. The van der Waals surface area contributed by atoms with E-state index < -0.39 is 12.1 Å². The van der Waals surface area contributed by atoms with Gasteiger partial charge in [-0.15, -0.1) is 0 Å². The summed E-state index contributed by atoms with van der Waals surface area (Å²) in [6.45, 7) is 4.88. The van der Waals surface area contributed by atoms with Crippen molar-refractivity contribution in [3.63, 3.8) is 0 Å². The normalized spacial score (nSPS) is 12.9. The fourth-order valence-corrected chi connectivity index (χ4v) is 9.13. The number of rotatable bonds is 56. The highest BCUT2D eigenvalue weighted by molar-refractivity contribution is 5.76. The maximum absolute atomic E-state index is 12.5. The first kappa shape index (κ1) is 66.8. The minimum absolute atomic E-state index is 0.00400. The molecule has 404 valence electrons. The van der Waals surface area contributed by atoms with Gasteiger partial charge in [-0.05, 0) is 89.9 Å². The standard InChI is InChI=1S/C63H117NO5/c1-3-5-7-9-11-13-15-17-18-26-29-32-35-39-43-47-51-55-61(66)60(59-65)64-62(67)56-52-48-44-40-36-33-30-27-24-22-20-19-21-23-25-28-31-34-38-42-46-50-54-58-69-63(68)57-53-49-45-41-37-16-14-12-10-8-6-4-2/h12,14,19,21-22,24,51,55,60-61,65-66H,3-11,13,15-18,20,23,25-50,52-54,56-59H2,1-2H3,(H,64,67)/b14-12-,21-19-,24-22-,55-51+. The molecule has 0 aliphatic heterocycles. The van der Waals surface area contributed by atoms with Crippen LogP contribution < -0.4 is 5.32 Å². The third-order valence-electron chi connectivity index (χ3n) is 13.8. The molecule has 0 spiro atoms. The van der Waals surface area contributed by atoms with Crippen LogP contribution in [0.3, 0.4) is 0 Å². The highest BCUT2D eigenvalue weighted by Gasteiger charge is 2.18. The van der Waals surface area contributed by atoms with Crippen LogP contribution in [0.4, 0.5) is 0 Å². The first-order valence-electron chi connectivity index (χ1n) is 30.4. The molecule has 1 amide bonds. The van der Waals surface area contributed by atoms with Gasteiger partial charge >= 0.3 is 5.97 Å². The van der Waals surface area contributed by atoms with Crippen molar-refractivity contribution in [2.45, 2.75) is 328 Å². The molecule has 2 atom stereocenters. The van der Waals surface area contributed by atoms with Crippen LogP contribution in [0, 0.1) is 0 Å². The molecule has 0 saturated carbocycles. The molecule has 0 aliphatic carbocycles. The van der Waals surface area contributed by atoms with E-state index in [0.717, 1.165) is 64.2 Å². The van der Waals surface area contributed by atoms with E-state index in [9.17, 15) is 19.8 Å². The van der Waals surface area contributed by atoms with Crippen molar-refractivity contribution in [3.05, 3.63) is 48.6 Å². The fraction of sp³-hybridized carbons (Fsp3) is 0.841. The van der Waals surface area contributed by atoms with Gasteiger partial charge in [0, 0.05) is 12.8 Å². The van der Waals surface area contributed by atoms with Gasteiger partial charge in [0.05, 0.1) is 25.4 Å². The number of aliphatic hydroxyl groups excluding tert-OH is 2. The van der Waals surface area contributed by atoms with Crippen LogP contribution in [0.5, 0.6) is 0 Å². The maximum atomic E-state index is 12.5. The third-order valence-corrected chi connectivity index (χ3v) is 13.8. The Kier molecular flexibility index (Phi) is 56.5. The van der Waals surface area contributed by atoms with Crippen molar-refractivity contribution in [2.24, 2.45) is 0 Å². The van der Waals surface area contributed by atoms with Gasteiger partial charge in [-0.25, -0.2) is 0 Å². The maximum Gasteiger partial charge on any atom is 0.305 e. The molecule has 0 aromatic rings. The molecule has 6 nitrogen and oxygen atoms in total. The van der Waals surface area contributed by atoms with E-state index in [-0.39, 0.29) is 18.5 Å². The fourth-order valence-electron chi connectivity index (χ4n) is 9.13. The number of amides is 1. The smallest absolute Gasteiger partial charge is 0.305 e. The Morgan fingerprint density at radius 1 is 0.406 bits per heavy atom. The highest BCUT2D eigenvalue weighted by atomic mass is 16.5. The van der Waals surface area contributed by atoms with Crippen LogP contribution >= 0.6 is 0 Å². The van der Waals surface area contributed by atoms with E-state index in [4.69, 9.17) is 4.74 Å². The lowest BCUT2D eigenvalue weighted by Crippen LogP contribution is -2.45. The lowest BCUT2D eigenvalue weighted by atomic mass is 10.0. The average molecular weight is 969 g/mol. The third kappa shape index (κ3) is 55.0. The number of aliphatic hydroxyl groups is 2. The molecular formula is C63H117NO5. The van der Waals surface area contributed by atoms with Crippen LogP contribution in [-0.2, 0) is 14.3 Å². The Bertz CT molecular complexity index is 1160. The molecule has 2 unspecified atom stereocenters. The number of carbonyl (C=O) groups is 2. The Balaban J connectivity index is 3.49. The average Bonchev–Trinajstić information content (AvgIpc) is 3.35. The number of unbranched alkanes of at least 4 members (excludes halogenated alkanes) is 39. The summed E-state index contributed by atoms with van der Waals surface area (Å²) in [5.74, 6) is -0.0816. The second-order valence-electron chi connectivity index (χ2n) is 20.7. The number of hydrogen-bond donors (Lipinski definition) is 3. The van der Waals surface area contributed by atoms with Gasteiger partial charge in [0.15, 0.2) is 0 Å². The zero-order valence-corrected chi connectivity index (χ0v) is 46.0. The largest absolute Gasteiger partial charge is 0.466 e. The van der Waals surface area contributed by atoms with E-state index in [1.165, 1.54) is 225 Å². The van der Waals surface area contributed by atoms with E-state index in [0.29, 0.717) is 19.4 Å². The van der Waals surface area contributed by atoms with E-state index >= 15 is 0 Å². The van der Waals surface area contributed by atoms with Gasteiger partial charge in [0.25, 0.3) is 0 Å². The van der Waals surface area contributed by atoms with Crippen molar-refractivity contribution in [1.29, 1.82) is 0 Å². The van der Waals surface area contributed by atoms with E-state index in [1.807, 2.05) is 6.08 Å². The number of ether oxygens (including phenoxy) is 1. The summed E-state index contributed by atoms with van der Waals surface area (Å²) >= 11 is 0. The van der Waals surface area contributed by atoms with Crippen molar-refractivity contribution in [3.8, 4) is 0 Å². The summed E-state index contributed by atoms with van der Waals surface area (Å²) < 4.78 is 5.46. The number of nitrogens with one attached hydrogen (secondary N) is 1. The lowest BCUT2D eigenvalue weighted by molar-refractivity contribution is -0.143. The first-order chi connectivity index (χ1) is 34.0. The SMILES string of the molecule is CCCCC/C=C\CCCCCCCC(=O)OCCCCCCCCCCC/C=C\C/C=C\CCCCCCCCCC(=O)NC(CO)C(O)/C=C/CCCCCCCCCCCCCCCCC. The predicted molar refractivity (Wildman–Crippen MR) is 301 cm³/mol. The van der Waals surface area contributed by atoms with Crippen molar-refractivity contribution < 1.29 is 24.5 Å². The zero-order chi connectivity index (χ0) is 50.0. The van der Waals surface area contributed by atoms with Crippen LogP contribution in [0.15, 0.2) is 48.6 Å². The minimum Gasteiger partial charge on any atom is -0.466 e. The number of allylic oxidation sites excluding steroid dienone is 7. The topological polar surface area (TPSA) is 95.9 Å². The molecule has 0 heterocycles. The second kappa shape index (κ2) is 58.4. The molecule has 3 N–H and O–H groups in total. The zero-order valence-electron chi connectivity index (χ0n) is 46.0. The minimum atomic E-state index is -0.852. The van der Waals surface area contributed by atoms with Gasteiger partial charge in [0.2, 0.25) is 5.91 Å². The van der Waals surface area contributed by atoms with Crippen LogP contribution in [0.25, 0.3) is 0 Å². The molecule has 0 radical (unpaired) electrons. The monoisotopic (exact) mass is 968 g/mol. The quantitative estimate of drug-likeness (QED) is 0.0321. The molecule has 0 bridgehead atoms. The summed E-state index contributed by atoms with van der Waals surface area (Å²) in [6, 6.07) is -0.636. The summed E-state index contributed by atoms with van der Waals surface area (Å²) in [5.41, 5.74) is 0. The summed E-state index contributed by atoms with van der Waals surface area (Å²) in [4.78, 5) is 24.5. The van der Waals surface area contributed by atoms with Crippen LogP contribution in [0.2, 0.25) is 0 Å². The van der Waals surface area contributed by atoms with Gasteiger partial charge in [-0.3, -0.25) is 9.59 Å². The van der Waals surface area contributed by atoms with Gasteiger partial charge in [-0.2, -0.15) is 0 Å². The first-order valence-corrected chi connectivity index (χ1v) is 30.4. The Morgan fingerprint density at radius 2 is 0.725 bits per heavy atom. The molecule has 0 aromatic carbocycles. The number of carbonyl (C=O) groups excluding carboxylic acids is 2. The molecule has 69 heavy (non-hydrogen) atoms. The number of esters is 1. The van der Waals surface area contributed by atoms with Crippen LogP contribution in [0.1, 0.15) is 316 Å². The van der Waals surface area contributed by atoms with E-state index in [2.05, 4.69) is 55.6 Å². The lowest BCUT2D eigenvalue weighted by Gasteiger charge is -2.20. The van der Waals surface area contributed by atoms with Crippen molar-refractivity contribution >= 4 is 11.9 Å². The molecule has 6 heteroatoms.